The molecule has 0 saturated carbocycles. The fourth-order valence-corrected chi connectivity index (χ4v) is 3.85. The van der Waals surface area contributed by atoms with E-state index in [2.05, 4.69) is 15.6 Å². The number of nitrogens with zero attached hydrogens (tertiary/aromatic N) is 2. The van der Waals surface area contributed by atoms with Gasteiger partial charge in [0.25, 0.3) is 5.91 Å². The van der Waals surface area contributed by atoms with E-state index in [1.165, 1.54) is 12.3 Å². The monoisotopic (exact) mass is 477 g/mol. The minimum Gasteiger partial charge on any atom is -0.337 e. The highest BCUT2D eigenvalue weighted by Gasteiger charge is 2.37. The summed E-state index contributed by atoms with van der Waals surface area (Å²) in [5, 5.41) is 7.08. The molecule has 0 bridgehead atoms. The molecule has 0 spiro atoms. The normalized spacial score (nSPS) is 14.9. The van der Waals surface area contributed by atoms with Crippen LogP contribution < -0.4 is 16.0 Å². The Morgan fingerprint density at radius 3 is 2.61 bits per heavy atom. The number of aromatic nitrogens is 2. The maximum absolute atomic E-state index is 13.0. The highest BCUT2D eigenvalue weighted by Crippen LogP contribution is 2.37. The molecule has 0 aliphatic carbocycles. The summed E-state index contributed by atoms with van der Waals surface area (Å²) in [6.45, 7) is 1.32. The van der Waals surface area contributed by atoms with Crippen molar-refractivity contribution < 1.29 is 22.8 Å². The van der Waals surface area contributed by atoms with Crippen molar-refractivity contribution in [3.63, 3.8) is 0 Å². The molecule has 12 heteroatoms. The van der Waals surface area contributed by atoms with Crippen LogP contribution in [0.15, 0.2) is 18.3 Å². The maximum Gasteiger partial charge on any atom is 0.408 e. The maximum atomic E-state index is 13.0. The predicted octanol–water partition coefficient (Wildman–Crippen LogP) is 5.24. The zero-order valence-corrected chi connectivity index (χ0v) is 18.0. The molecular weight excluding hydrogens is 458 g/mol. The second kappa shape index (κ2) is 9.35. The van der Waals surface area contributed by atoms with Gasteiger partial charge in [0.05, 0.1) is 10.7 Å². The van der Waals surface area contributed by atoms with E-state index in [9.17, 15) is 22.8 Å². The topological polar surface area (TPSA) is 88.1 Å². The molecular formula is C19H20Cl2F3N5O2. The SMILES string of the molecule is CC(NC(=O)Nc1c(Cl)c(C(=O)Nc2ccnc(Cl)c2)n2c1CCCCC2)C(F)(F)F. The Kier molecular flexibility index (Phi) is 7.00. The highest BCUT2D eigenvalue weighted by molar-refractivity contribution is 6.37. The van der Waals surface area contributed by atoms with Crippen molar-refractivity contribution in [2.24, 2.45) is 0 Å². The molecule has 1 aliphatic heterocycles. The molecule has 1 unspecified atom stereocenters. The van der Waals surface area contributed by atoms with Crippen molar-refractivity contribution in [1.82, 2.24) is 14.9 Å². The lowest BCUT2D eigenvalue weighted by Crippen LogP contribution is -2.45. The van der Waals surface area contributed by atoms with Gasteiger partial charge in [-0.2, -0.15) is 13.2 Å². The van der Waals surface area contributed by atoms with Gasteiger partial charge in [0.2, 0.25) is 0 Å². The van der Waals surface area contributed by atoms with Gasteiger partial charge in [0.1, 0.15) is 16.9 Å². The zero-order chi connectivity index (χ0) is 22.8. The standard InChI is InChI=1S/C19H20Cl2F3N5O2/c1-10(19(22,23)24)26-18(31)28-15-12-5-3-2-4-8-29(12)16(14(15)21)17(30)27-11-6-7-25-13(20)9-11/h6-7,9-10H,2-5,8H2,1H3,(H,25,27,30)(H2,26,28,31). The minimum absolute atomic E-state index is 0.0376. The molecule has 2 aromatic heterocycles. The van der Waals surface area contributed by atoms with E-state index in [1.54, 1.807) is 10.6 Å². The number of alkyl halides is 3. The van der Waals surface area contributed by atoms with Crippen molar-refractivity contribution in [1.29, 1.82) is 0 Å². The number of hydrogen-bond donors (Lipinski definition) is 3. The Morgan fingerprint density at radius 2 is 1.94 bits per heavy atom. The number of fused-ring (bicyclic) bond motifs is 1. The number of carbonyl (C=O) groups excluding carboxylic acids is 2. The first-order valence-electron chi connectivity index (χ1n) is 9.56. The van der Waals surface area contributed by atoms with Crippen molar-refractivity contribution >= 4 is 46.5 Å². The molecule has 3 amide bonds. The summed E-state index contributed by atoms with van der Waals surface area (Å²) >= 11 is 12.3. The van der Waals surface area contributed by atoms with Crippen LogP contribution in [-0.2, 0) is 13.0 Å². The predicted molar refractivity (Wildman–Crippen MR) is 112 cm³/mol. The number of amides is 3. The molecule has 3 rings (SSSR count). The van der Waals surface area contributed by atoms with Crippen LogP contribution in [-0.4, -0.2) is 33.7 Å². The van der Waals surface area contributed by atoms with Gasteiger partial charge in [-0.25, -0.2) is 9.78 Å². The number of nitrogens with one attached hydrogen (secondary N) is 3. The molecule has 7 nitrogen and oxygen atoms in total. The summed E-state index contributed by atoms with van der Waals surface area (Å²) in [6.07, 6.45) is -0.171. The lowest BCUT2D eigenvalue weighted by Gasteiger charge is -2.18. The van der Waals surface area contributed by atoms with Gasteiger partial charge >= 0.3 is 12.2 Å². The second-order valence-corrected chi connectivity index (χ2v) is 7.89. The van der Waals surface area contributed by atoms with Crippen LogP contribution in [0.4, 0.5) is 29.3 Å². The van der Waals surface area contributed by atoms with E-state index in [4.69, 9.17) is 23.2 Å². The fourth-order valence-electron chi connectivity index (χ4n) is 3.33. The third-order valence-corrected chi connectivity index (χ3v) is 5.46. The lowest BCUT2D eigenvalue weighted by atomic mass is 10.1. The Morgan fingerprint density at radius 1 is 1.19 bits per heavy atom. The van der Waals surface area contributed by atoms with Crippen LogP contribution in [0.1, 0.15) is 42.4 Å². The molecule has 0 aromatic carbocycles. The van der Waals surface area contributed by atoms with Gasteiger partial charge in [-0.15, -0.1) is 0 Å². The first-order chi connectivity index (χ1) is 14.6. The molecule has 1 atom stereocenters. The van der Waals surface area contributed by atoms with Crippen molar-refractivity contribution in [3.05, 3.63) is 39.9 Å². The molecule has 31 heavy (non-hydrogen) atoms. The van der Waals surface area contributed by atoms with E-state index in [0.29, 0.717) is 24.3 Å². The van der Waals surface area contributed by atoms with E-state index in [1.807, 2.05) is 5.32 Å². The molecule has 2 aromatic rings. The molecule has 3 heterocycles. The number of carbonyl (C=O) groups is 2. The molecule has 0 radical (unpaired) electrons. The van der Waals surface area contributed by atoms with Crippen molar-refractivity contribution in [3.8, 4) is 0 Å². The summed E-state index contributed by atoms with van der Waals surface area (Å²) in [7, 11) is 0. The van der Waals surface area contributed by atoms with Crippen molar-refractivity contribution in [2.45, 2.75) is 51.4 Å². The van der Waals surface area contributed by atoms with E-state index in [0.717, 1.165) is 26.2 Å². The molecule has 168 valence electrons. The third kappa shape index (κ3) is 5.43. The molecule has 0 saturated heterocycles. The van der Waals surface area contributed by atoms with Crippen LogP contribution in [0.25, 0.3) is 0 Å². The van der Waals surface area contributed by atoms with Gasteiger partial charge in [-0.1, -0.05) is 29.6 Å². The summed E-state index contributed by atoms with van der Waals surface area (Å²) in [6, 6.07) is -0.0937. The highest BCUT2D eigenvalue weighted by atomic mass is 35.5. The third-order valence-electron chi connectivity index (χ3n) is 4.88. The van der Waals surface area contributed by atoms with Gasteiger partial charge in [0, 0.05) is 24.1 Å². The van der Waals surface area contributed by atoms with Gasteiger partial charge in [-0.05, 0) is 38.3 Å². The second-order valence-electron chi connectivity index (χ2n) is 7.13. The minimum atomic E-state index is -4.59. The smallest absolute Gasteiger partial charge is 0.337 e. The Labute approximate surface area is 186 Å². The average Bonchev–Trinajstić information content (AvgIpc) is 2.82. The number of rotatable bonds is 4. The van der Waals surface area contributed by atoms with Crippen LogP contribution in [0.5, 0.6) is 0 Å². The molecule has 3 N–H and O–H groups in total. The van der Waals surface area contributed by atoms with Gasteiger partial charge in [-0.3, -0.25) is 4.79 Å². The largest absolute Gasteiger partial charge is 0.408 e. The summed E-state index contributed by atoms with van der Waals surface area (Å²) in [5.41, 5.74) is 1.24. The van der Waals surface area contributed by atoms with E-state index >= 15 is 0 Å². The summed E-state index contributed by atoms with van der Waals surface area (Å²) in [4.78, 5) is 29.0. The Bertz CT molecular complexity index is 994. The quantitative estimate of drug-likeness (QED) is 0.526. The summed E-state index contributed by atoms with van der Waals surface area (Å²) < 4.78 is 40.0. The number of anilines is 2. The van der Waals surface area contributed by atoms with E-state index < -0.39 is 24.2 Å². The first kappa shape index (κ1) is 23.2. The van der Waals surface area contributed by atoms with Gasteiger partial charge < -0.3 is 20.5 Å². The Hall–Kier alpha value is -2.46. The number of hydrogen-bond acceptors (Lipinski definition) is 3. The van der Waals surface area contributed by atoms with Crippen LogP contribution in [0, 0.1) is 0 Å². The zero-order valence-electron chi connectivity index (χ0n) is 16.4. The van der Waals surface area contributed by atoms with Crippen molar-refractivity contribution in [2.75, 3.05) is 10.6 Å². The fraction of sp³-hybridized carbons (Fsp3) is 0.421. The van der Waals surface area contributed by atoms with Crippen LogP contribution in [0.2, 0.25) is 10.2 Å². The first-order valence-corrected chi connectivity index (χ1v) is 10.3. The molecule has 0 fully saturated rings. The number of pyridine rings is 1. The van der Waals surface area contributed by atoms with Crippen LogP contribution in [0.3, 0.4) is 0 Å². The number of halogens is 5. The Balaban J connectivity index is 1.91. The van der Waals surface area contributed by atoms with Crippen LogP contribution >= 0.6 is 23.2 Å². The summed E-state index contributed by atoms with van der Waals surface area (Å²) in [5.74, 6) is -0.535. The van der Waals surface area contributed by atoms with E-state index in [-0.39, 0.29) is 21.6 Å². The lowest BCUT2D eigenvalue weighted by molar-refractivity contribution is -0.148. The van der Waals surface area contributed by atoms with Gasteiger partial charge in [0.15, 0.2) is 0 Å². The average molecular weight is 478 g/mol. The number of urea groups is 1. The molecule has 1 aliphatic rings.